The van der Waals surface area contributed by atoms with Gasteiger partial charge in [-0.3, -0.25) is 4.79 Å². The van der Waals surface area contributed by atoms with Crippen LogP contribution in [0, 0.1) is 11.8 Å². The van der Waals surface area contributed by atoms with Crippen LogP contribution in [0.5, 0.6) is 0 Å². The van der Waals surface area contributed by atoms with E-state index in [0.29, 0.717) is 0 Å². The van der Waals surface area contributed by atoms with Crippen molar-refractivity contribution in [1.82, 2.24) is 0 Å². The van der Waals surface area contributed by atoms with Crippen molar-refractivity contribution in [2.24, 2.45) is 11.8 Å². The molecule has 1 aliphatic carbocycles. The van der Waals surface area contributed by atoms with Crippen molar-refractivity contribution < 1.29 is 9.53 Å². The molecule has 1 aliphatic heterocycles. The summed E-state index contributed by atoms with van der Waals surface area (Å²) >= 11 is 0. The lowest BCUT2D eigenvalue weighted by molar-refractivity contribution is -0.160. The van der Waals surface area contributed by atoms with E-state index in [-0.39, 0.29) is 18.0 Å². The van der Waals surface area contributed by atoms with E-state index in [0.717, 1.165) is 31.1 Å². The topological polar surface area (TPSA) is 26.3 Å². The van der Waals surface area contributed by atoms with E-state index in [1.54, 1.807) is 0 Å². The monoisotopic (exact) mass is 342 g/mol. The summed E-state index contributed by atoms with van der Waals surface area (Å²) in [7, 11) is 0. The van der Waals surface area contributed by atoms with Crippen molar-refractivity contribution in [3.05, 3.63) is 35.4 Å². The van der Waals surface area contributed by atoms with Crippen LogP contribution in [0.3, 0.4) is 0 Å². The van der Waals surface area contributed by atoms with Gasteiger partial charge in [-0.2, -0.15) is 0 Å². The van der Waals surface area contributed by atoms with Gasteiger partial charge in [-0.15, -0.1) is 0 Å². The lowest BCUT2D eigenvalue weighted by Crippen LogP contribution is -2.30. The molecule has 2 aliphatic rings. The maximum absolute atomic E-state index is 11.7. The van der Waals surface area contributed by atoms with Crippen LogP contribution in [-0.4, -0.2) is 12.1 Å². The van der Waals surface area contributed by atoms with E-state index in [1.165, 1.54) is 56.1 Å². The van der Waals surface area contributed by atoms with Gasteiger partial charge in [0.25, 0.3) is 0 Å². The smallest absolute Gasteiger partial charge is 0.308 e. The summed E-state index contributed by atoms with van der Waals surface area (Å²) < 4.78 is 5.57. The third-order valence-electron chi connectivity index (χ3n) is 6.34. The molecule has 0 N–H and O–H groups in total. The Hall–Kier alpha value is -1.31. The number of rotatable bonds is 6. The highest BCUT2D eigenvalue weighted by atomic mass is 16.5. The molecule has 2 nitrogen and oxygen atoms in total. The molecular formula is C23H34O2. The van der Waals surface area contributed by atoms with Crippen LogP contribution in [0.15, 0.2) is 24.3 Å². The number of hydrogen-bond acceptors (Lipinski definition) is 2. The molecule has 3 rings (SSSR count). The Labute approximate surface area is 153 Å². The van der Waals surface area contributed by atoms with E-state index in [9.17, 15) is 4.79 Å². The molecule has 0 spiro atoms. The summed E-state index contributed by atoms with van der Waals surface area (Å²) in [6, 6.07) is 9.37. The number of ether oxygens (including phenoxy) is 1. The third kappa shape index (κ3) is 5.09. The molecule has 138 valence electrons. The van der Waals surface area contributed by atoms with E-state index < -0.39 is 0 Å². The molecule has 2 atom stereocenters. The normalized spacial score (nSPS) is 30.1. The molecule has 2 heteroatoms. The van der Waals surface area contributed by atoms with Crippen molar-refractivity contribution in [2.45, 2.75) is 90.1 Å². The molecule has 0 aromatic heterocycles. The van der Waals surface area contributed by atoms with Gasteiger partial charge < -0.3 is 4.74 Å². The van der Waals surface area contributed by atoms with Gasteiger partial charge in [0.05, 0.1) is 5.92 Å². The van der Waals surface area contributed by atoms with Crippen molar-refractivity contribution in [1.29, 1.82) is 0 Å². The SMILES string of the molecule is CCCc1ccc(C2CCC(CCC3CCC(C)C(=O)O3)CC2)cc1. The van der Waals surface area contributed by atoms with Crippen molar-refractivity contribution >= 4 is 5.97 Å². The molecule has 2 fully saturated rings. The fourth-order valence-corrected chi connectivity index (χ4v) is 4.55. The fourth-order valence-electron chi connectivity index (χ4n) is 4.55. The van der Waals surface area contributed by atoms with E-state index in [4.69, 9.17) is 4.74 Å². The summed E-state index contributed by atoms with van der Waals surface area (Å²) in [5, 5.41) is 0. The van der Waals surface area contributed by atoms with Crippen molar-refractivity contribution in [3.8, 4) is 0 Å². The minimum atomic E-state index is 0.0199. The van der Waals surface area contributed by atoms with E-state index in [1.807, 2.05) is 6.92 Å². The number of esters is 1. The Morgan fingerprint density at radius 1 is 0.960 bits per heavy atom. The Morgan fingerprint density at radius 2 is 1.68 bits per heavy atom. The first-order valence-electron chi connectivity index (χ1n) is 10.4. The molecule has 25 heavy (non-hydrogen) atoms. The number of carbonyl (C=O) groups excluding carboxylic acids is 1. The molecule has 1 aromatic carbocycles. The van der Waals surface area contributed by atoms with Crippen LogP contribution in [0.4, 0.5) is 0 Å². The summed E-state index contributed by atoms with van der Waals surface area (Å²) in [5.74, 6) is 1.70. The summed E-state index contributed by atoms with van der Waals surface area (Å²) in [4.78, 5) is 11.7. The largest absolute Gasteiger partial charge is 0.462 e. The highest BCUT2D eigenvalue weighted by Crippen LogP contribution is 2.38. The third-order valence-corrected chi connectivity index (χ3v) is 6.34. The van der Waals surface area contributed by atoms with Crippen LogP contribution in [0.2, 0.25) is 0 Å². The lowest BCUT2D eigenvalue weighted by Gasteiger charge is -2.31. The minimum Gasteiger partial charge on any atom is -0.462 e. The number of carbonyl (C=O) groups is 1. The first kappa shape index (κ1) is 18.5. The minimum absolute atomic E-state index is 0.0199. The quantitative estimate of drug-likeness (QED) is 0.590. The molecular weight excluding hydrogens is 308 g/mol. The molecule has 0 amide bonds. The zero-order valence-electron chi connectivity index (χ0n) is 16.0. The predicted molar refractivity (Wildman–Crippen MR) is 103 cm³/mol. The highest BCUT2D eigenvalue weighted by molar-refractivity contribution is 5.72. The number of benzene rings is 1. The molecule has 0 radical (unpaired) electrons. The van der Waals surface area contributed by atoms with Gasteiger partial charge in [0.15, 0.2) is 0 Å². The first-order chi connectivity index (χ1) is 12.2. The Morgan fingerprint density at radius 3 is 2.32 bits per heavy atom. The number of aryl methyl sites for hydroxylation is 1. The van der Waals surface area contributed by atoms with Crippen LogP contribution in [0.25, 0.3) is 0 Å². The Kier molecular flexibility index (Phi) is 6.56. The van der Waals surface area contributed by atoms with Gasteiger partial charge in [-0.25, -0.2) is 0 Å². The van der Waals surface area contributed by atoms with Gasteiger partial charge in [-0.05, 0) is 80.8 Å². The lowest BCUT2D eigenvalue weighted by atomic mass is 9.76. The maximum Gasteiger partial charge on any atom is 0.308 e. The van der Waals surface area contributed by atoms with Gasteiger partial charge in [0, 0.05) is 0 Å². The zero-order chi connectivity index (χ0) is 17.6. The van der Waals surface area contributed by atoms with Crippen LogP contribution < -0.4 is 0 Å². The molecule has 1 saturated carbocycles. The Balaban J connectivity index is 1.40. The summed E-state index contributed by atoms with van der Waals surface area (Å²) in [6.07, 6.45) is 12.3. The predicted octanol–water partition coefficient (Wildman–Crippen LogP) is 6.03. The first-order valence-corrected chi connectivity index (χ1v) is 10.4. The van der Waals surface area contributed by atoms with Crippen molar-refractivity contribution in [2.75, 3.05) is 0 Å². The molecule has 0 bridgehead atoms. The van der Waals surface area contributed by atoms with E-state index in [2.05, 4.69) is 31.2 Å². The van der Waals surface area contributed by atoms with E-state index >= 15 is 0 Å². The van der Waals surface area contributed by atoms with Gasteiger partial charge in [-0.1, -0.05) is 44.5 Å². The second-order valence-corrected chi connectivity index (χ2v) is 8.32. The van der Waals surface area contributed by atoms with Gasteiger partial charge in [0.1, 0.15) is 6.10 Å². The van der Waals surface area contributed by atoms with Crippen molar-refractivity contribution in [3.63, 3.8) is 0 Å². The molecule has 1 aromatic rings. The maximum atomic E-state index is 11.7. The number of hydrogen-bond donors (Lipinski definition) is 0. The average molecular weight is 343 g/mol. The highest BCUT2D eigenvalue weighted by Gasteiger charge is 2.28. The fraction of sp³-hybridized carbons (Fsp3) is 0.696. The number of cyclic esters (lactones) is 1. The standard InChI is InChI=1S/C23H34O2/c1-3-4-18-6-11-20(12-7-18)21-13-8-19(9-14-21)10-16-22-15-5-17(2)23(24)25-22/h6-7,11-12,17,19,21-22H,3-5,8-10,13-16H2,1-2H3. The second kappa shape index (κ2) is 8.87. The van der Waals surface area contributed by atoms with Gasteiger partial charge >= 0.3 is 5.97 Å². The zero-order valence-corrected chi connectivity index (χ0v) is 16.0. The van der Waals surface area contributed by atoms with Gasteiger partial charge in [0.2, 0.25) is 0 Å². The molecule has 2 unspecified atom stereocenters. The Bertz CT molecular complexity index is 540. The van der Waals surface area contributed by atoms with Crippen LogP contribution in [-0.2, 0) is 16.0 Å². The summed E-state index contributed by atoms with van der Waals surface area (Å²) in [5.41, 5.74) is 3.00. The van der Waals surface area contributed by atoms with Crippen LogP contribution >= 0.6 is 0 Å². The van der Waals surface area contributed by atoms with Crippen LogP contribution in [0.1, 0.15) is 88.7 Å². The molecule has 1 saturated heterocycles. The molecule has 1 heterocycles. The second-order valence-electron chi connectivity index (χ2n) is 8.32. The summed E-state index contributed by atoms with van der Waals surface area (Å²) in [6.45, 7) is 4.22. The average Bonchev–Trinajstić information content (AvgIpc) is 2.64.